The molecule has 7 rings (SSSR count). The molecule has 0 aliphatic rings. The molecule has 0 spiro atoms. The maximum absolute atomic E-state index is 6.30. The molecular weight excluding hydrogens is 490 g/mol. The van der Waals surface area contributed by atoms with Crippen molar-refractivity contribution in [1.82, 2.24) is 15.0 Å². The van der Waals surface area contributed by atoms with Gasteiger partial charge >= 0.3 is 0 Å². The molecule has 38 heavy (non-hydrogen) atoms. The first kappa shape index (κ1) is 22.4. The molecule has 0 aliphatic heterocycles. The van der Waals surface area contributed by atoms with Crippen molar-refractivity contribution < 1.29 is 4.42 Å². The fourth-order valence-corrected chi connectivity index (χ4v) is 4.89. The molecule has 0 fully saturated rings. The van der Waals surface area contributed by atoms with E-state index in [4.69, 9.17) is 31.0 Å². The summed E-state index contributed by atoms with van der Waals surface area (Å²) in [5.41, 5.74) is 6.53. The van der Waals surface area contributed by atoms with Crippen LogP contribution in [0.4, 0.5) is 0 Å². The first-order chi connectivity index (χ1) is 18.7. The lowest BCUT2D eigenvalue weighted by Gasteiger charge is -2.09. The second kappa shape index (κ2) is 9.25. The highest BCUT2D eigenvalue weighted by atomic mass is 35.5. The number of aromatic nitrogens is 3. The first-order valence-corrected chi connectivity index (χ1v) is 12.7. The Morgan fingerprint density at radius 2 is 0.974 bits per heavy atom. The lowest BCUT2D eigenvalue weighted by atomic mass is 10.0. The summed E-state index contributed by atoms with van der Waals surface area (Å²) >= 11 is 6.30. The van der Waals surface area contributed by atoms with Crippen LogP contribution >= 0.6 is 11.6 Å². The molecule has 180 valence electrons. The maximum Gasteiger partial charge on any atom is 0.164 e. The molecule has 0 N–H and O–H groups in total. The van der Waals surface area contributed by atoms with E-state index in [1.807, 2.05) is 84.9 Å². The Balaban J connectivity index is 1.37. The van der Waals surface area contributed by atoms with Gasteiger partial charge in [0.2, 0.25) is 0 Å². The van der Waals surface area contributed by atoms with Crippen molar-refractivity contribution in [2.75, 3.05) is 0 Å². The molecule has 0 saturated heterocycles. The standard InChI is InChI=1S/C33H20ClN3O/c34-26-10-6-9-24(19-26)32-35-31(23-15-13-22(14-16-23)21-7-2-1-3-8-21)36-33(37-32)25-17-18-28-27-11-4-5-12-29(27)38-30(28)20-25/h1-20H. The van der Waals surface area contributed by atoms with Crippen molar-refractivity contribution in [2.24, 2.45) is 0 Å². The second-order valence-electron chi connectivity index (χ2n) is 9.07. The van der Waals surface area contributed by atoms with E-state index >= 15 is 0 Å². The van der Waals surface area contributed by atoms with Crippen LogP contribution in [0.2, 0.25) is 5.02 Å². The van der Waals surface area contributed by atoms with Crippen LogP contribution in [0.3, 0.4) is 0 Å². The van der Waals surface area contributed by atoms with Crippen LogP contribution < -0.4 is 0 Å². The van der Waals surface area contributed by atoms with Crippen LogP contribution in [0.1, 0.15) is 0 Å². The van der Waals surface area contributed by atoms with E-state index in [0.29, 0.717) is 22.5 Å². The van der Waals surface area contributed by atoms with E-state index in [-0.39, 0.29) is 0 Å². The van der Waals surface area contributed by atoms with E-state index in [9.17, 15) is 0 Å². The third kappa shape index (κ3) is 4.11. The number of furan rings is 1. The minimum atomic E-state index is 0.560. The molecule has 0 atom stereocenters. The molecule has 5 aromatic carbocycles. The zero-order chi connectivity index (χ0) is 25.5. The number of hydrogen-bond donors (Lipinski definition) is 0. The van der Waals surface area contributed by atoms with Gasteiger partial charge in [0.25, 0.3) is 0 Å². The third-order valence-electron chi connectivity index (χ3n) is 6.61. The van der Waals surface area contributed by atoms with E-state index in [0.717, 1.165) is 49.8 Å². The fraction of sp³-hybridized carbons (Fsp3) is 0. The largest absolute Gasteiger partial charge is 0.456 e. The van der Waals surface area contributed by atoms with Gasteiger partial charge in [0.1, 0.15) is 11.2 Å². The number of nitrogens with zero attached hydrogens (tertiary/aromatic N) is 3. The number of benzene rings is 5. The van der Waals surface area contributed by atoms with Crippen LogP contribution in [-0.4, -0.2) is 15.0 Å². The highest BCUT2D eigenvalue weighted by Crippen LogP contribution is 2.33. The van der Waals surface area contributed by atoms with Gasteiger partial charge in [-0.2, -0.15) is 0 Å². The fourth-order valence-electron chi connectivity index (χ4n) is 4.70. The van der Waals surface area contributed by atoms with Crippen LogP contribution in [0.25, 0.3) is 67.2 Å². The predicted molar refractivity (Wildman–Crippen MR) is 154 cm³/mol. The van der Waals surface area contributed by atoms with Crippen molar-refractivity contribution in [1.29, 1.82) is 0 Å². The number of hydrogen-bond acceptors (Lipinski definition) is 4. The summed E-state index contributed by atoms with van der Waals surface area (Å²) in [4.78, 5) is 14.6. The van der Waals surface area contributed by atoms with Crippen molar-refractivity contribution in [3.63, 3.8) is 0 Å². The van der Waals surface area contributed by atoms with Crippen molar-refractivity contribution >= 4 is 33.5 Å². The summed E-state index contributed by atoms with van der Waals surface area (Å²) in [7, 11) is 0. The average Bonchev–Trinajstić information content (AvgIpc) is 3.35. The maximum atomic E-state index is 6.30. The van der Waals surface area contributed by atoms with Crippen molar-refractivity contribution in [3.05, 3.63) is 126 Å². The van der Waals surface area contributed by atoms with E-state index < -0.39 is 0 Å². The quantitative estimate of drug-likeness (QED) is 0.237. The van der Waals surface area contributed by atoms with Crippen LogP contribution in [0.15, 0.2) is 126 Å². The second-order valence-corrected chi connectivity index (χ2v) is 9.51. The van der Waals surface area contributed by atoms with Crippen LogP contribution in [0, 0.1) is 0 Å². The van der Waals surface area contributed by atoms with Gasteiger partial charge < -0.3 is 4.42 Å². The molecule has 4 nitrogen and oxygen atoms in total. The normalized spacial score (nSPS) is 11.3. The monoisotopic (exact) mass is 509 g/mol. The van der Waals surface area contributed by atoms with Crippen molar-refractivity contribution in [2.45, 2.75) is 0 Å². The summed E-state index contributed by atoms with van der Waals surface area (Å²) in [5, 5.41) is 2.77. The zero-order valence-electron chi connectivity index (χ0n) is 20.2. The Labute approximate surface area is 224 Å². The molecule has 2 aromatic heterocycles. The summed E-state index contributed by atoms with van der Waals surface area (Å²) in [5.74, 6) is 1.72. The predicted octanol–water partition coefficient (Wildman–Crippen LogP) is 9.09. The Bertz CT molecular complexity index is 1930. The number of fused-ring (bicyclic) bond motifs is 3. The lowest BCUT2D eigenvalue weighted by molar-refractivity contribution is 0.669. The highest BCUT2D eigenvalue weighted by molar-refractivity contribution is 6.30. The molecule has 0 bridgehead atoms. The number of rotatable bonds is 4. The molecular formula is C33H20ClN3O. The highest BCUT2D eigenvalue weighted by Gasteiger charge is 2.15. The average molecular weight is 510 g/mol. The van der Waals surface area contributed by atoms with Crippen molar-refractivity contribution in [3.8, 4) is 45.3 Å². The third-order valence-corrected chi connectivity index (χ3v) is 6.84. The molecule has 7 aromatic rings. The van der Waals surface area contributed by atoms with Gasteiger partial charge in [0, 0.05) is 32.5 Å². The van der Waals surface area contributed by atoms with Gasteiger partial charge in [-0.1, -0.05) is 103 Å². The minimum Gasteiger partial charge on any atom is -0.456 e. The Morgan fingerprint density at radius 3 is 1.74 bits per heavy atom. The van der Waals surface area contributed by atoms with E-state index in [1.165, 1.54) is 0 Å². The Hall–Kier alpha value is -4.80. The summed E-state index contributed by atoms with van der Waals surface area (Å²) in [6.45, 7) is 0. The topological polar surface area (TPSA) is 51.8 Å². The molecule has 5 heteroatoms. The Morgan fingerprint density at radius 1 is 0.421 bits per heavy atom. The van der Waals surface area contributed by atoms with Gasteiger partial charge in [0.05, 0.1) is 0 Å². The molecule has 0 aliphatic carbocycles. The minimum absolute atomic E-state index is 0.560. The van der Waals surface area contributed by atoms with E-state index in [2.05, 4.69) is 36.4 Å². The van der Waals surface area contributed by atoms with Gasteiger partial charge in [-0.05, 0) is 41.5 Å². The SMILES string of the molecule is Clc1cccc(-c2nc(-c3ccc(-c4ccccc4)cc3)nc(-c3ccc4c(c3)oc3ccccc34)n2)c1. The smallest absolute Gasteiger partial charge is 0.164 e. The van der Waals surface area contributed by atoms with Crippen LogP contribution in [0.5, 0.6) is 0 Å². The summed E-state index contributed by atoms with van der Waals surface area (Å²) in [6.07, 6.45) is 0. The molecule has 0 saturated carbocycles. The van der Waals surface area contributed by atoms with E-state index in [1.54, 1.807) is 0 Å². The lowest BCUT2D eigenvalue weighted by Crippen LogP contribution is -2.00. The number of para-hydroxylation sites is 1. The van der Waals surface area contributed by atoms with Gasteiger partial charge in [-0.15, -0.1) is 0 Å². The Kier molecular flexibility index (Phi) is 5.46. The van der Waals surface area contributed by atoms with Gasteiger partial charge in [0.15, 0.2) is 17.5 Å². The summed E-state index contributed by atoms with van der Waals surface area (Å²) < 4.78 is 6.13. The molecule has 0 radical (unpaired) electrons. The van der Waals surface area contributed by atoms with Crippen LogP contribution in [-0.2, 0) is 0 Å². The summed E-state index contributed by atoms with van der Waals surface area (Å²) in [6, 6.07) is 40.3. The molecule has 2 heterocycles. The number of halogens is 1. The van der Waals surface area contributed by atoms with Gasteiger partial charge in [-0.3, -0.25) is 0 Å². The molecule has 0 amide bonds. The first-order valence-electron chi connectivity index (χ1n) is 12.3. The van der Waals surface area contributed by atoms with Gasteiger partial charge in [-0.25, -0.2) is 15.0 Å². The molecule has 0 unspecified atom stereocenters. The zero-order valence-corrected chi connectivity index (χ0v) is 20.9.